The average molecular weight is 486 g/mol. The second-order valence-corrected chi connectivity index (χ2v) is 8.24. The molecule has 0 atom stereocenters. The molecule has 0 spiro atoms. The van der Waals surface area contributed by atoms with Gasteiger partial charge in [0.05, 0.1) is 0 Å². The highest BCUT2D eigenvalue weighted by Gasteiger charge is 2.10. The largest absolute Gasteiger partial charge is 0.332 e. The van der Waals surface area contributed by atoms with E-state index in [9.17, 15) is 9.59 Å². The van der Waals surface area contributed by atoms with Crippen LogP contribution in [0.2, 0.25) is 5.02 Å². The number of carbonyl (C=O) groups is 2. The summed E-state index contributed by atoms with van der Waals surface area (Å²) in [5.41, 5.74) is 4.37. The number of anilines is 2. The van der Waals surface area contributed by atoms with Gasteiger partial charge in [0, 0.05) is 27.5 Å². The smallest absolute Gasteiger partial charge is 0.257 e. The molecule has 7 heteroatoms. The second kappa shape index (κ2) is 10.7. The first-order valence-electron chi connectivity index (χ1n) is 10.4. The number of rotatable bonds is 5. The molecule has 0 aromatic heterocycles. The zero-order chi connectivity index (χ0) is 23.9. The van der Waals surface area contributed by atoms with Crippen LogP contribution in [0.1, 0.15) is 20.7 Å². The molecule has 0 radical (unpaired) electrons. The molecule has 0 unspecified atom stereocenters. The van der Waals surface area contributed by atoms with Gasteiger partial charge < -0.3 is 10.6 Å². The van der Waals surface area contributed by atoms with Gasteiger partial charge in [0.15, 0.2) is 5.11 Å². The summed E-state index contributed by atoms with van der Waals surface area (Å²) < 4.78 is 0. The van der Waals surface area contributed by atoms with Crippen molar-refractivity contribution in [3.05, 3.63) is 119 Å². The Labute approximate surface area is 207 Å². The van der Waals surface area contributed by atoms with Crippen molar-refractivity contribution < 1.29 is 9.59 Å². The maximum Gasteiger partial charge on any atom is 0.257 e. The Morgan fingerprint density at radius 2 is 1.24 bits per heavy atom. The SMILES string of the molecule is O=C(NC(=S)Nc1ccc(NC(=O)c2cccc(Cl)c2)cc1)c1ccc(-c2ccccc2)cc1. The van der Waals surface area contributed by atoms with Crippen molar-refractivity contribution in [2.24, 2.45) is 0 Å². The Hall–Kier alpha value is -4.00. The van der Waals surface area contributed by atoms with Crippen molar-refractivity contribution in [2.75, 3.05) is 10.6 Å². The number of amides is 2. The summed E-state index contributed by atoms with van der Waals surface area (Å²) in [5.74, 6) is -0.563. The van der Waals surface area contributed by atoms with E-state index in [1.54, 1.807) is 60.7 Å². The quantitative estimate of drug-likeness (QED) is 0.286. The second-order valence-electron chi connectivity index (χ2n) is 7.39. The van der Waals surface area contributed by atoms with Crippen molar-refractivity contribution in [3.63, 3.8) is 0 Å². The van der Waals surface area contributed by atoms with Crippen molar-refractivity contribution in [2.45, 2.75) is 0 Å². The fourth-order valence-electron chi connectivity index (χ4n) is 3.25. The first-order chi connectivity index (χ1) is 16.5. The number of halogens is 1. The predicted molar refractivity (Wildman–Crippen MR) is 141 cm³/mol. The lowest BCUT2D eigenvalue weighted by molar-refractivity contribution is 0.0976. The van der Waals surface area contributed by atoms with Crippen LogP contribution in [0, 0.1) is 0 Å². The molecule has 4 aromatic carbocycles. The minimum Gasteiger partial charge on any atom is -0.332 e. The summed E-state index contributed by atoms with van der Waals surface area (Å²) in [6.07, 6.45) is 0. The molecule has 0 bridgehead atoms. The molecule has 0 saturated heterocycles. The zero-order valence-corrected chi connectivity index (χ0v) is 19.5. The van der Waals surface area contributed by atoms with Crippen LogP contribution < -0.4 is 16.0 Å². The maximum absolute atomic E-state index is 12.5. The summed E-state index contributed by atoms with van der Waals surface area (Å²) in [7, 11) is 0. The molecule has 4 rings (SSSR count). The van der Waals surface area contributed by atoms with Crippen LogP contribution >= 0.6 is 23.8 Å². The molecule has 0 saturated carbocycles. The van der Waals surface area contributed by atoms with Crippen molar-refractivity contribution in [3.8, 4) is 11.1 Å². The summed E-state index contributed by atoms with van der Waals surface area (Å²) in [6, 6.07) is 30.9. The maximum atomic E-state index is 12.5. The monoisotopic (exact) mass is 485 g/mol. The third kappa shape index (κ3) is 6.07. The summed E-state index contributed by atoms with van der Waals surface area (Å²) in [4.78, 5) is 24.9. The van der Waals surface area contributed by atoms with E-state index in [0.29, 0.717) is 27.5 Å². The third-order valence-electron chi connectivity index (χ3n) is 4.97. The molecule has 0 aliphatic carbocycles. The predicted octanol–water partition coefficient (Wildman–Crippen LogP) is 6.39. The molecule has 168 valence electrons. The lowest BCUT2D eigenvalue weighted by Gasteiger charge is -2.11. The van der Waals surface area contributed by atoms with E-state index >= 15 is 0 Å². The molecule has 0 fully saturated rings. The van der Waals surface area contributed by atoms with Gasteiger partial charge in [0.25, 0.3) is 11.8 Å². The Balaban J connectivity index is 1.31. The highest BCUT2D eigenvalue weighted by molar-refractivity contribution is 7.80. The molecule has 0 aliphatic rings. The van der Waals surface area contributed by atoms with Crippen molar-refractivity contribution in [1.82, 2.24) is 5.32 Å². The van der Waals surface area contributed by atoms with Gasteiger partial charge in [-0.05, 0) is 77.9 Å². The highest BCUT2D eigenvalue weighted by atomic mass is 35.5. The van der Waals surface area contributed by atoms with Crippen LogP contribution in [0.4, 0.5) is 11.4 Å². The molecule has 0 aliphatic heterocycles. The third-order valence-corrected chi connectivity index (χ3v) is 5.41. The van der Waals surface area contributed by atoms with Crippen LogP contribution in [0.15, 0.2) is 103 Å². The number of nitrogens with one attached hydrogen (secondary N) is 3. The van der Waals surface area contributed by atoms with Gasteiger partial charge in [0.2, 0.25) is 0 Å². The van der Waals surface area contributed by atoms with Gasteiger partial charge in [-0.15, -0.1) is 0 Å². The highest BCUT2D eigenvalue weighted by Crippen LogP contribution is 2.19. The van der Waals surface area contributed by atoms with Gasteiger partial charge >= 0.3 is 0 Å². The van der Waals surface area contributed by atoms with Gasteiger partial charge in [-0.1, -0.05) is 60.1 Å². The van der Waals surface area contributed by atoms with Crippen molar-refractivity contribution >= 4 is 52.1 Å². The van der Waals surface area contributed by atoms with Gasteiger partial charge in [-0.2, -0.15) is 0 Å². The van der Waals surface area contributed by atoms with Crippen LogP contribution in [0.3, 0.4) is 0 Å². The van der Waals surface area contributed by atoms with Gasteiger partial charge in [-0.25, -0.2) is 0 Å². The van der Waals surface area contributed by atoms with Crippen molar-refractivity contribution in [1.29, 1.82) is 0 Å². The first-order valence-corrected chi connectivity index (χ1v) is 11.2. The van der Waals surface area contributed by atoms with E-state index in [4.69, 9.17) is 23.8 Å². The molecular formula is C27H20ClN3O2S. The molecule has 34 heavy (non-hydrogen) atoms. The lowest BCUT2D eigenvalue weighted by Crippen LogP contribution is -2.34. The van der Waals surface area contributed by atoms with Crippen LogP contribution in [0.25, 0.3) is 11.1 Å². The van der Waals surface area contributed by atoms with Gasteiger partial charge in [-0.3, -0.25) is 14.9 Å². The Morgan fingerprint density at radius 3 is 1.88 bits per heavy atom. The van der Waals surface area contributed by atoms with E-state index in [2.05, 4.69) is 16.0 Å². The molecule has 3 N–H and O–H groups in total. The van der Waals surface area contributed by atoms with Crippen LogP contribution in [0.5, 0.6) is 0 Å². The number of hydrogen-bond donors (Lipinski definition) is 3. The molecule has 4 aromatic rings. The summed E-state index contributed by atoms with van der Waals surface area (Å²) in [5, 5.41) is 9.12. The number of hydrogen-bond acceptors (Lipinski definition) is 3. The number of benzene rings is 4. The standard InChI is InChI=1S/C27H20ClN3O2S/c28-22-8-4-7-21(17-22)26(33)29-23-13-15-24(16-14-23)30-27(34)31-25(32)20-11-9-19(10-12-20)18-5-2-1-3-6-18/h1-17H,(H,29,33)(H2,30,31,32,34). The fraction of sp³-hybridized carbons (Fsp3) is 0. The summed E-state index contributed by atoms with van der Waals surface area (Å²) in [6.45, 7) is 0. The van der Waals surface area contributed by atoms with Crippen LogP contribution in [-0.4, -0.2) is 16.9 Å². The molecular weight excluding hydrogens is 466 g/mol. The normalized spacial score (nSPS) is 10.3. The minimum atomic E-state index is -0.303. The molecule has 0 heterocycles. The average Bonchev–Trinajstić information content (AvgIpc) is 2.86. The van der Waals surface area contributed by atoms with Gasteiger partial charge in [0.1, 0.15) is 0 Å². The Bertz CT molecular complexity index is 1320. The Morgan fingerprint density at radius 1 is 0.618 bits per heavy atom. The van der Waals surface area contributed by atoms with E-state index in [1.807, 2.05) is 42.5 Å². The number of thiocarbonyl (C=S) groups is 1. The summed E-state index contributed by atoms with van der Waals surface area (Å²) >= 11 is 11.2. The van der Waals surface area contributed by atoms with E-state index in [-0.39, 0.29) is 16.9 Å². The number of carbonyl (C=O) groups excluding carboxylic acids is 2. The topological polar surface area (TPSA) is 70.2 Å². The minimum absolute atomic E-state index is 0.174. The van der Waals surface area contributed by atoms with E-state index in [1.165, 1.54) is 0 Å². The first kappa shape index (κ1) is 23.2. The Kier molecular flexibility index (Phi) is 7.32. The van der Waals surface area contributed by atoms with E-state index < -0.39 is 0 Å². The lowest BCUT2D eigenvalue weighted by atomic mass is 10.0. The van der Waals surface area contributed by atoms with E-state index in [0.717, 1.165) is 11.1 Å². The molecule has 2 amide bonds. The zero-order valence-electron chi connectivity index (χ0n) is 17.9. The molecule has 5 nitrogen and oxygen atoms in total. The van der Waals surface area contributed by atoms with Crippen LogP contribution in [-0.2, 0) is 0 Å². The fourth-order valence-corrected chi connectivity index (χ4v) is 3.65.